The summed E-state index contributed by atoms with van der Waals surface area (Å²) in [5.41, 5.74) is 1.07. The number of aromatic carboxylic acids is 1. The highest BCUT2D eigenvalue weighted by atomic mass is 32.2. The number of hydrogen-bond acceptors (Lipinski definition) is 5. The molecule has 18 heavy (non-hydrogen) atoms. The average Bonchev–Trinajstić information content (AvgIpc) is 2.36. The molecule has 0 spiro atoms. The maximum Gasteiger partial charge on any atom is 0.335 e. The summed E-state index contributed by atoms with van der Waals surface area (Å²) in [5, 5.41) is 16.9. The molecule has 98 valence electrons. The summed E-state index contributed by atoms with van der Waals surface area (Å²) in [6, 6.07) is 4.65. The predicted molar refractivity (Wildman–Crippen MR) is 58.5 cm³/mol. The van der Waals surface area contributed by atoms with Crippen molar-refractivity contribution in [3.8, 4) is 0 Å². The zero-order valence-corrected chi connectivity index (χ0v) is 9.77. The Morgan fingerprint density at radius 1 is 1.28 bits per heavy atom. The predicted octanol–water partition coefficient (Wildman–Crippen LogP) is -0.831. The summed E-state index contributed by atoms with van der Waals surface area (Å²) in [7, 11) is -4.01. The van der Waals surface area contributed by atoms with Crippen molar-refractivity contribution in [3.05, 3.63) is 29.8 Å². The molecular formula is C9H10N2O6S. The van der Waals surface area contributed by atoms with E-state index < -0.39 is 28.4 Å². The van der Waals surface area contributed by atoms with E-state index in [1.54, 1.807) is 0 Å². The van der Waals surface area contributed by atoms with Gasteiger partial charge in [0.05, 0.1) is 17.0 Å². The Morgan fingerprint density at radius 2 is 1.94 bits per heavy atom. The molecule has 0 aliphatic heterocycles. The molecule has 4 N–H and O–H groups in total. The maximum absolute atomic E-state index is 11.7. The monoisotopic (exact) mass is 274 g/mol. The molecule has 1 amide bonds. The number of hydrogen-bond donors (Lipinski definition) is 4. The van der Waals surface area contributed by atoms with Crippen molar-refractivity contribution in [2.24, 2.45) is 0 Å². The number of sulfonamides is 1. The molecule has 0 aliphatic carbocycles. The van der Waals surface area contributed by atoms with Crippen LogP contribution in [0.15, 0.2) is 29.2 Å². The SMILES string of the molecule is O=C(CNS(=O)(=O)c1cccc(C(=O)O)c1)NO. The van der Waals surface area contributed by atoms with Crippen LogP contribution in [-0.2, 0) is 14.8 Å². The molecule has 1 aromatic carbocycles. The summed E-state index contributed by atoms with van der Waals surface area (Å²) in [5.74, 6) is -2.20. The van der Waals surface area contributed by atoms with Gasteiger partial charge in [0.2, 0.25) is 10.0 Å². The van der Waals surface area contributed by atoms with Crippen LogP contribution in [-0.4, -0.2) is 37.2 Å². The van der Waals surface area contributed by atoms with E-state index in [2.05, 4.69) is 0 Å². The Balaban J connectivity index is 2.95. The third kappa shape index (κ3) is 3.52. The van der Waals surface area contributed by atoms with Crippen LogP contribution >= 0.6 is 0 Å². The Kier molecular flexibility index (Phi) is 4.37. The molecule has 0 aromatic heterocycles. The summed E-state index contributed by atoms with van der Waals surface area (Å²) in [4.78, 5) is 21.1. The van der Waals surface area contributed by atoms with Gasteiger partial charge in [0, 0.05) is 0 Å². The van der Waals surface area contributed by atoms with Crippen molar-refractivity contribution in [3.63, 3.8) is 0 Å². The number of benzene rings is 1. The molecule has 0 aliphatic rings. The summed E-state index contributed by atoms with van der Waals surface area (Å²) in [6.45, 7) is -0.657. The second-order valence-corrected chi connectivity index (χ2v) is 4.96. The van der Waals surface area contributed by atoms with Gasteiger partial charge in [-0.2, -0.15) is 0 Å². The molecule has 8 nitrogen and oxygen atoms in total. The van der Waals surface area contributed by atoms with Crippen molar-refractivity contribution in [2.45, 2.75) is 4.90 Å². The lowest BCUT2D eigenvalue weighted by Crippen LogP contribution is -2.35. The molecule has 0 unspecified atom stereocenters. The Labute approximate surface area is 102 Å². The van der Waals surface area contributed by atoms with Crippen LogP contribution in [0.3, 0.4) is 0 Å². The molecule has 0 atom stereocenters. The highest BCUT2D eigenvalue weighted by Gasteiger charge is 2.16. The topological polar surface area (TPSA) is 133 Å². The first-order valence-corrected chi connectivity index (χ1v) is 6.11. The van der Waals surface area contributed by atoms with Crippen molar-refractivity contribution >= 4 is 21.9 Å². The molecule has 0 heterocycles. The fourth-order valence-corrected chi connectivity index (χ4v) is 2.11. The molecule has 0 radical (unpaired) electrons. The minimum absolute atomic E-state index is 0.190. The van der Waals surface area contributed by atoms with Crippen LogP contribution in [0.4, 0.5) is 0 Å². The quantitative estimate of drug-likeness (QED) is 0.409. The molecule has 0 saturated carbocycles. The number of carbonyl (C=O) groups is 2. The zero-order chi connectivity index (χ0) is 13.8. The summed E-state index contributed by atoms with van der Waals surface area (Å²) in [6.07, 6.45) is 0. The lowest BCUT2D eigenvalue weighted by Gasteiger charge is -2.06. The molecule has 0 fully saturated rings. The molecule has 1 rings (SSSR count). The Bertz CT molecular complexity index is 568. The van der Waals surface area contributed by atoms with Crippen LogP contribution in [0.5, 0.6) is 0 Å². The standard InChI is InChI=1S/C9H10N2O6S/c12-8(11-15)5-10-18(16,17)7-3-1-2-6(4-7)9(13)14/h1-4,10,15H,5H2,(H,11,12)(H,13,14). The fourth-order valence-electron chi connectivity index (χ4n) is 1.08. The van der Waals surface area contributed by atoms with Gasteiger partial charge in [-0.3, -0.25) is 10.0 Å². The van der Waals surface area contributed by atoms with Gasteiger partial charge in [-0.1, -0.05) is 6.07 Å². The molecule has 0 saturated heterocycles. The van der Waals surface area contributed by atoms with Crippen molar-refractivity contribution in [2.75, 3.05) is 6.54 Å². The van der Waals surface area contributed by atoms with Crippen molar-refractivity contribution in [1.29, 1.82) is 0 Å². The highest BCUT2D eigenvalue weighted by molar-refractivity contribution is 7.89. The van der Waals surface area contributed by atoms with Crippen LogP contribution in [0.25, 0.3) is 0 Å². The van der Waals surface area contributed by atoms with E-state index in [1.165, 1.54) is 23.7 Å². The van der Waals surface area contributed by atoms with Gasteiger partial charge in [0.15, 0.2) is 0 Å². The van der Waals surface area contributed by atoms with Gasteiger partial charge >= 0.3 is 5.97 Å². The molecular weight excluding hydrogens is 264 g/mol. The minimum atomic E-state index is -4.01. The van der Waals surface area contributed by atoms with Crippen LogP contribution in [0.2, 0.25) is 0 Å². The lowest BCUT2D eigenvalue weighted by atomic mass is 10.2. The average molecular weight is 274 g/mol. The van der Waals surface area contributed by atoms with E-state index in [0.29, 0.717) is 0 Å². The summed E-state index contributed by atoms with van der Waals surface area (Å²) >= 11 is 0. The molecule has 9 heteroatoms. The highest BCUT2D eigenvalue weighted by Crippen LogP contribution is 2.11. The number of rotatable bonds is 5. The fraction of sp³-hybridized carbons (Fsp3) is 0.111. The molecule has 0 bridgehead atoms. The lowest BCUT2D eigenvalue weighted by molar-refractivity contribution is -0.127. The third-order valence-corrected chi connectivity index (χ3v) is 3.34. The normalized spacial score (nSPS) is 10.9. The Morgan fingerprint density at radius 3 is 2.50 bits per heavy atom. The van der Waals surface area contributed by atoms with Crippen molar-refractivity contribution in [1.82, 2.24) is 10.2 Å². The minimum Gasteiger partial charge on any atom is -0.478 e. The molecule has 1 aromatic rings. The van der Waals surface area contributed by atoms with E-state index in [9.17, 15) is 18.0 Å². The van der Waals surface area contributed by atoms with E-state index in [0.717, 1.165) is 6.07 Å². The summed E-state index contributed by atoms with van der Waals surface area (Å²) < 4.78 is 25.2. The zero-order valence-electron chi connectivity index (χ0n) is 8.95. The van der Waals surface area contributed by atoms with Crippen LogP contribution < -0.4 is 10.2 Å². The largest absolute Gasteiger partial charge is 0.478 e. The number of hydroxylamine groups is 1. The van der Waals surface area contributed by atoms with Gasteiger partial charge in [0.25, 0.3) is 5.91 Å². The van der Waals surface area contributed by atoms with E-state index in [-0.39, 0.29) is 10.5 Å². The van der Waals surface area contributed by atoms with Gasteiger partial charge in [0.1, 0.15) is 0 Å². The van der Waals surface area contributed by atoms with Crippen LogP contribution in [0, 0.1) is 0 Å². The van der Waals surface area contributed by atoms with Crippen LogP contribution in [0.1, 0.15) is 10.4 Å². The number of nitrogens with one attached hydrogen (secondary N) is 2. The van der Waals surface area contributed by atoms with Gasteiger partial charge in [-0.15, -0.1) is 0 Å². The smallest absolute Gasteiger partial charge is 0.335 e. The van der Waals surface area contributed by atoms with E-state index in [4.69, 9.17) is 10.3 Å². The number of carboxylic acid groups (broad SMARTS) is 1. The van der Waals surface area contributed by atoms with E-state index in [1.807, 2.05) is 4.72 Å². The first-order valence-electron chi connectivity index (χ1n) is 4.63. The first kappa shape index (κ1) is 14.1. The Hall–Kier alpha value is -1.97. The second-order valence-electron chi connectivity index (χ2n) is 3.19. The van der Waals surface area contributed by atoms with Crippen molar-refractivity contribution < 1.29 is 28.3 Å². The third-order valence-electron chi connectivity index (χ3n) is 1.94. The number of carbonyl (C=O) groups excluding carboxylic acids is 1. The number of amides is 1. The number of carboxylic acids is 1. The first-order chi connectivity index (χ1) is 8.36. The maximum atomic E-state index is 11.7. The van der Waals surface area contributed by atoms with Gasteiger partial charge in [-0.25, -0.2) is 23.4 Å². The van der Waals surface area contributed by atoms with E-state index >= 15 is 0 Å². The van der Waals surface area contributed by atoms with Gasteiger partial charge in [-0.05, 0) is 18.2 Å². The second kappa shape index (κ2) is 5.58. The van der Waals surface area contributed by atoms with Gasteiger partial charge < -0.3 is 5.11 Å².